The Bertz CT molecular complexity index is 1840. The molecule has 4 aliphatic rings. The number of aliphatic imine (C=N–C) groups is 2. The lowest BCUT2D eigenvalue weighted by Crippen LogP contribution is -2.39. The first-order chi connectivity index (χ1) is 26.8. The maximum absolute atomic E-state index is 5.80. The van der Waals surface area contributed by atoms with Crippen molar-refractivity contribution in [2.45, 2.75) is 153 Å². The fourth-order valence-corrected chi connectivity index (χ4v) is 9.70. The zero-order valence-electron chi connectivity index (χ0n) is 32.6. The molecule has 0 heterocycles. The Labute approximate surface area is 325 Å². The van der Waals surface area contributed by atoms with Crippen molar-refractivity contribution in [3.63, 3.8) is 0 Å². The summed E-state index contributed by atoms with van der Waals surface area (Å²) in [6.07, 6.45) is 25.2. The van der Waals surface area contributed by atoms with Gasteiger partial charge in [-0.25, -0.2) is 0 Å². The minimum absolute atomic E-state index is 0.349. The maximum Gasteiger partial charge on any atom is 0.130 e. The van der Waals surface area contributed by atoms with Gasteiger partial charge in [0.1, 0.15) is 11.7 Å². The van der Waals surface area contributed by atoms with E-state index in [0.717, 1.165) is 11.7 Å². The summed E-state index contributed by atoms with van der Waals surface area (Å²) in [5.41, 5.74) is 9.96. The lowest BCUT2D eigenvalue weighted by atomic mass is 9.84. The minimum atomic E-state index is 0.349. The molecule has 4 nitrogen and oxygen atoms in total. The van der Waals surface area contributed by atoms with Crippen LogP contribution in [0.3, 0.4) is 0 Å². The maximum atomic E-state index is 5.80. The molecule has 0 unspecified atom stereocenters. The van der Waals surface area contributed by atoms with E-state index in [-0.39, 0.29) is 0 Å². The fourth-order valence-electron chi connectivity index (χ4n) is 9.70. The Morgan fingerprint density at radius 1 is 0.389 bits per heavy atom. The van der Waals surface area contributed by atoms with Gasteiger partial charge >= 0.3 is 0 Å². The first kappa shape index (κ1) is 36.8. The van der Waals surface area contributed by atoms with Crippen molar-refractivity contribution >= 4 is 11.7 Å². The number of hydrogen-bond donors (Lipinski definition) is 2. The Balaban J connectivity index is 1.37. The summed E-state index contributed by atoms with van der Waals surface area (Å²) in [6, 6.07) is 37.9. The van der Waals surface area contributed by atoms with Gasteiger partial charge in [-0.3, -0.25) is 9.98 Å². The van der Waals surface area contributed by atoms with Crippen LogP contribution < -0.4 is 10.6 Å². The van der Waals surface area contributed by atoms with Crippen LogP contribution in [0.2, 0.25) is 0 Å². The third-order valence-corrected chi connectivity index (χ3v) is 12.7. The zero-order chi connectivity index (χ0) is 36.4. The highest BCUT2D eigenvalue weighted by atomic mass is 15.0. The SMILES string of the molecule is c1ccc(-c2cc(-c3ccccc3)c(C(=NC3CCCCC3)NC3CCCCC3)c(-c3ccccc3C(=NC3CCCCC3)NC3CCCCC3)c2)cc1. The van der Waals surface area contributed by atoms with Crippen LogP contribution in [-0.4, -0.2) is 35.8 Å². The Morgan fingerprint density at radius 2 is 0.833 bits per heavy atom. The molecule has 8 rings (SSSR count). The lowest BCUT2D eigenvalue weighted by molar-refractivity contribution is 0.409. The summed E-state index contributed by atoms with van der Waals surface area (Å²) in [6.45, 7) is 0. The van der Waals surface area contributed by atoms with Gasteiger partial charge in [-0.2, -0.15) is 0 Å². The molecule has 4 saturated carbocycles. The van der Waals surface area contributed by atoms with E-state index >= 15 is 0 Å². The Hall–Kier alpha value is -4.18. The van der Waals surface area contributed by atoms with Crippen LogP contribution >= 0.6 is 0 Å². The number of benzene rings is 4. The van der Waals surface area contributed by atoms with Gasteiger partial charge in [-0.15, -0.1) is 0 Å². The monoisotopic (exact) mass is 718 g/mol. The molecule has 54 heavy (non-hydrogen) atoms. The largest absolute Gasteiger partial charge is 0.367 e. The van der Waals surface area contributed by atoms with E-state index in [1.807, 2.05) is 0 Å². The summed E-state index contributed by atoms with van der Waals surface area (Å²) < 4.78 is 0. The fraction of sp³-hybridized carbons (Fsp3) is 0.480. The molecule has 0 amide bonds. The molecule has 0 aliphatic heterocycles. The molecule has 282 valence electrons. The Morgan fingerprint density at radius 3 is 1.41 bits per heavy atom. The highest BCUT2D eigenvalue weighted by Crippen LogP contribution is 2.40. The molecule has 4 aromatic rings. The average molecular weight is 719 g/mol. The Kier molecular flexibility index (Phi) is 12.6. The van der Waals surface area contributed by atoms with Gasteiger partial charge in [-0.05, 0) is 96.9 Å². The highest BCUT2D eigenvalue weighted by Gasteiger charge is 2.27. The van der Waals surface area contributed by atoms with Gasteiger partial charge in [0.2, 0.25) is 0 Å². The number of amidine groups is 2. The van der Waals surface area contributed by atoms with Crippen molar-refractivity contribution in [2.75, 3.05) is 0 Å². The van der Waals surface area contributed by atoms with Gasteiger partial charge in [0.05, 0.1) is 12.1 Å². The lowest BCUT2D eigenvalue weighted by Gasteiger charge is -2.30. The number of nitrogens with one attached hydrogen (secondary N) is 2. The van der Waals surface area contributed by atoms with E-state index in [2.05, 4.69) is 108 Å². The van der Waals surface area contributed by atoms with Gasteiger partial charge in [0.15, 0.2) is 0 Å². The molecular weight excluding hydrogens is 657 g/mol. The van der Waals surface area contributed by atoms with Gasteiger partial charge in [0.25, 0.3) is 0 Å². The van der Waals surface area contributed by atoms with Crippen LogP contribution in [-0.2, 0) is 0 Å². The van der Waals surface area contributed by atoms with Crippen LogP contribution in [0.15, 0.2) is 107 Å². The summed E-state index contributed by atoms with van der Waals surface area (Å²) >= 11 is 0. The molecule has 0 aromatic heterocycles. The number of hydrogen-bond acceptors (Lipinski definition) is 2. The second-order valence-corrected chi connectivity index (χ2v) is 16.7. The predicted molar refractivity (Wildman–Crippen MR) is 230 cm³/mol. The minimum Gasteiger partial charge on any atom is -0.367 e. The molecule has 0 bridgehead atoms. The third kappa shape index (κ3) is 9.19. The summed E-state index contributed by atoms with van der Waals surface area (Å²) in [5, 5.41) is 8.29. The van der Waals surface area contributed by atoms with Crippen LogP contribution in [0.1, 0.15) is 140 Å². The third-order valence-electron chi connectivity index (χ3n) is 12.7. The van der Waals surface area contributed by atoms with Crippen LogP contribution in [0.4, 0.5) is 0 Å². The molecule has 0 saturated heterocycles. The second-order valence-electron chi connectivity index (χ2n) is 16.7. The van der Waals surface area contributed by atoms with E-state index in [1.165, 1.54) is 173 Å². The van der Waals surface area contributed by atoms with E-state index < -0.39 is 0 Å². The van der Waals surface area contributed by atoms with Crippen molar-refractivity contribution in [2.24, 2.45) is 9.98 Å². The van der Waals surface area contributed by atoms with E-state index in [1.54, 1.807) is 0 Å². The molecule has 4 aromatic carbocycles. The normalized spacial score (nSPS) is 20.1. The standard InChI is InChI=1S/C50H62N4/c1-7-21-37(22-8-1)39-35-46(38-23-9-2-10-24-38)48(50(53-42-29-15-5-16-30-42)54-43-31-17-6-18-32-43)47(36-39)44-33-19-20-34-45(44)49(51-40-25-11-3-12-26-40)52-41-27-13-4-14-28-41/h1-2,7-10,19-24,33-36,40-43H,3-6,11-18,25-32H2,(H,51,52)(H,53,54). The van der Waals surface area contributed by atoms with Gasteiger partial charge in [0, 0.05) is 23.2 Å². The summed E-state index contributed by atoms with van der Waals surface area (Å²) in [5.74, 6) is 2.20. The van der Waals surface area contributed by atoms with Crippen LogP contribution in [0.25, 0.3) is 33.4 Å². The molecule has 0 atom stereocenters. The smallest absolute Gasteiger partial charge is 0.130 e. The van der Waals surface area contributed by atoms with Crippen molar-refractivity contribution in [1.29, 1.82) is 0 Å². The average Bonchev–Trinajstić information content (AvgIpc) is 3.25. The van der Waals surface area contributed by atoms with Crippen molar-refractivity contribution < 1.29 is 0 Å². The van der Waals surface area contributed by atoms with Gasteiger partial charge in [-0.1, -0.05) is 162 Å². The van der Waals surface area contributed by atoms with Crippen molar-refractivity contribution in [1.82, 2.24) is 10.6 Å². The van der Waals surface area contributed by atoms with Crippen LogP contribution in [0, 0.1) is 0 Å². The molecule has 4 aliphatic carbocycles. The molecular formula is C50H62N4. The number of nitrogens with zero attached hydrogens (tertiary/aromatic N) is 2. The first-order valence-corrected chi connectivity index (χ1v) is 21.9. The number of rotatable bonds is 9. The van der Waals surface area contributed by atoms with E-state index in [0.29, 0.717) is 24.2 Å². The van der Waals surface area contributed by atoms with Crippen LogP contribution in [0.5, 0.6) is 0 Å². The van der Waals surface area contributed by atoms with E-state index in [9.17, 15) is 0 Å². The molecule has 0 radical (unpaired) electrons. The second kappa shape index (κ2) is 18.4. The highest BCUT2D eigenvalue weighted by molar-refractivity contribution is 6.14. The molecule has 0 spiro atoms. The van der Waals surface area contributed by atoms with E-state index in [4.69, 9.17) is 9.98 Å². The summed E-state index contributed by atoms with van der Waals surface area (Å²) in [4.78, 5) is 11.5. The zero-order valence-corrected chi connectivity index (χ0v) is 32.6. The topological polar surface area (TPSA) is 48.8 Å². The quantitative estimate of drug-likeness (QED) is 0.134. The summed E-state index contributed by atoms with van der Waals surface area (Å²) in [7, 11) is 0. The molecule has 4 fully saturated rings. The van der Waals surface area contributed by atoms with Gasteiger partial charge < -0.3 is 10.6 Å². The van der Waals surface area contributed by atoms with Crippen molar-refractivity contribution in [3.05, 3.63) is 108 Å². The first-order valence-electron chi connectivity index (χ1n) is 21.9. The molecule has 4 heteroatoms. The van der Waals surface area contributed by atoms with Crippen molar-refractivity contribution in [3.8, 4) is 33.4 Å². The molecule has 2 N–H and O–H groups in total. The predicted octanol–water partition coefficient (Wildman–Crippen LogP) is 12.7.